The van der Waals surface area contributed by atoms with E-state index in [0.29, 0.717) is 31.1 Å². The number of carbonyl (C=O) groups is 2. The number of likely N-dealkylation sites (tertiary alicyclic amines) is 1. The minimum atomic E-state index is -0.352. The van der Waals surface area contributed by atoms with Crippen LogP contribution < -0.4 is 10.1 Å². The molecule has 1 N–H and O–H groups in total. The molecule has 1 fully saturated rings. The quantitative estimate of drug-likeness (QED) is 0.672. The molecule has 3 rings (SSSR count). The summed E-state index contributed by atoms with van der Waals surface area (Å²) in [5, 5.41) is 6.68. The molecular formula is C19H23FN4O5. The Bertz CT molecular complexity index is 826. The second kappa shape index (κ2) is 9.85. The van der Waals surface area contributed by atoms with Gasteiger partial charge in [-0.3, -0.25) is 4.79 Å². The fraction of sp³-hybridized carbons (Fsp3) is 0.474. The van der Waals surface area contributed by atoms with Gasteiger partial charge < -0.3 is 24.2 Å². The van der Waals surface area contributed by atoms with Gasteiger partial charge in [0.1, 0.15) is 11.6 Å². The third-order valence-electron chi connectivity index (χ3n) is 4.38. The fourth-order valence-corrected chi connectivity index (χ4v) is 3.02. The number of benzene rings is 1. The molecule has 156 valence electrons. The van der Waals surface area contributed by atoms with Crippen LogP contribution in [0.15, 0.2) is 28.8 Å². The number of nitrogens with one attached hydrogen (secondary N) is 1. The first-order valence-corrected chi connectivity index (χ1v) is 9.47. The normalized spacial score (nSPS) is 15.9. The van der Waals surface area contributed by atoms with Gasteiger partial charge in [-0.15, -0.1) is 0 Å². The molecule has 0 radical (unpaired) electrons. The molecule has 2 amide bonds. The van der Waals surface area contributed by atoms with E-state index in [-0.39, 0.29) is 49.3 Å². The van der Waals surface area contributed by atoms with Crippen molar-refractivity contribution < 1.29 is 28.0 Å². The smallest absolute Gasteiger partial charge is 0.318 e. The number of aromatic nitrogens is 2. The number of rotatable bonds is 8. The summed E-state index contributed by atoms with van der Waals surface area (Å²) in [7, 11) is 0. The third kappa shape index (κ3) is 5.66. The van der Waals surface area contributed by atoms with E-state index in [1.807, 2.05) is 0 Å². The molecule has 0 spiro atoms. The topological polar surface area (TPSA) is 107 Å². The molecule has 0 saturated carbocycles. The predicted octanol–water partition coefficient (Wildman–Crippen LogP) is 2.59. The Morgan fingerprint density at radius 3 is 2.90 bits per heavy atom. The second-order valence-corrected chi connectivity index (χ2v) is 6.43. The number of nitrogens with zero attached hydrogens (tertiary/aromatic N) is 3. The molecule has 0 bridgehead atoms. The van der Waals surface area contributed by atoms with E-state index in [0.717, 1.165) is 6.42 Å². The summed E-state index contributed by atoms with van der Waals surface area (Å²) in [6.07, 6.45) is 1.64. The Morgan fingerprint density at radius 1 is 1.34 bits per heavy atom. The summed E-state index contributed by atoms with van der Waals surface area (Å²) in [6, 6.07) is 5.02. The van der Waals surface area contributed by atoms with E-state index < -0.39 is 0 Å². The maximum atomic E-state index is 12.9. The van der Waals surface area contributed by atoms with E-state index in [1.54, 1.807) is 11.8 Å². The summed E-state index contributed by atoms with van der Waals surface area (Å²) in [5.74, 6) is 0.447. The lowest BCUT2D eigenvalue weighted by Crippen LogP contribution is -2.40. The third-order valence-corrected chi connectivity index (χ3v) is 4.38. The molecule has 1 aliphatic rings. The molecule has 1 atom stereocenters. The van der Waals surface area contributed by atoms with Gasteiger partial charge in [0.15, 0.2) is 12.4 Å². The summed E-state index contributed by atoms with van der Waals surface area (Å²) in [4.78, 5) is 29.7. The average Bonchev–Trinajstić information content (AvgIpc) is 3.37. The van der Waals surface area contributed by atoms with Crippen molar-refractivity contribution in [1.29, 1.82) is 0 Å². The van der Waals surface area contributed by atoms with Crippen molar-refractivity contribution in [2.45, 2.75) is 38.8 Å². The summed E-state index contributed by atoms with van der Waals surface area (Å²) in [5.41, 5.74) is 0. The van der Waals surface area contributed by atoms with Gasteiger partial charge in [-0.2, -0.15) is 4.98 Å². The minimum absolute atomic E-state index is 0.0388. The van der Waals surface area contributed by atoms with Gasteiger partial charge in [0.2, 0.25) is 0 Å². The summed E-state index contributed by atoms with van der Waals surface area (Å²) >= 11 is 0. The van der Waals surface area contributed by atoms with Crippen LogP contribution in [0.3, 0.4) is 0 Å². The highest BCUT2D eigenvalue weighted by molar-refractivity contribution is 5.76. The second-order valence-electron chi connectivity index (χ2n) is 6.43. The van der Waals surface area contributed by atoms with E-state index in [1.165, 1.54) is 24.3 Å². The van der Waals surface area contributed by atoms with Crippen molar-refractivity contribution >= 4 is 12.0 Å². The van der Waals surface area contributed by atoms with Gasteiger partial charge in [-0.1, -0.05) is 5.16 Å². The lowest BCUT2D eigenvalue weighted by atomic mass is 10.2. The van der Waals surface area contributed by atoms with Crippen LogP contribution in [0.4, 0.5) is 9.18 Å². The fourth-order valence-electron chi connectivity index (χ4n) is 3.02. The molecule has 1 saturated heterocycles. The number of halogens is 1. The molecule has 1 aromatic heterocycles. The summed E-state index contributed by atoms with van der Waals surface area (Å²) < 4.78 is 28.5. The molecule has 1 aliphatic heterocycles. The number of hydrogen-bond acceptors (Lipinski definition) is 7. The molecule has 1 aromatic carbocycles. The van der Waals surface area contributed by atoms with Crippen LogP contribution in [-0.2, 0) is 16.1 Å². The van der Waals surface area contributed by atoms with Crippen LogP contribution >= 0.6 is 0 Å². The molecule has 0 aliphatic carbocycles. The molecule has 2 aromatic rings. The number of carbonyl (C=O) groups excluding carboxylic acids is 2. The van der Waals surface area contributed by atoms with Gasteiger partial charge in [-0.05, 0) is 44.0 Å². The first kappa shape index (κ1) is 20.6. The minimum Gasteiger partial charge on any atom is -0.484 e. The van der Waals surface area contributed by atoms with Gasteiger partial charge in [0.05, 0.1) is 19.1 Å². The van der Waals surface area contributed by atoms with Crippen LogP contribution in [0, 0.1) is 5.82 Å². The zero-order valence-electron chi connectivity index (χ0n) is 16.1. The Hall–Kier alpha value is -3.17. The summed E-state index contributed by atoms with van der Waals surface area (Å²) in [6.45, 7) is 2.84. The predicted molar refractivity (Wildman–Crippen MR) is 98.4 cm³/mol. The van der Waals surface area contributed by atoms with Crippen LogP contribution in [0.1, 0.15) is 43.9 Å². The van der Waals surface area contributed by atoms with Gasteiger partial charge in [0, 0.05) is 13.1 Å². The molecule has 9 nitrogen and oxygen atoms in total. The number of esters is 1. The Kier molecular flexibility index (Phi) is 6.99. The molecule has 29 heavy (non-hydrogen) atoms. The SMILES string of the molecule is CCOC(=O)CCNC(=O)N1CCCC1c1noc(COc2ccc(F)cc2)n1. The number of hydrogen-bond donors (Lipinski definition) is 1. The van der Waals surface area contributed by atoms with Crippen molar-refractivity contribution in [3.05, 3.63) is 41.8 Å². The zero-order chi connectivity index (χ0) is 20.6. The Morgan fingerprint density at radius 2 is 2.14 bits per heavy atom. The highest BCUT2D eigenvalue weighted by atomic mass is 19.1. The maximum Gasteiger partial charge on any atom is 0.318 e. The highest BCUT2D eigenvalue weighted by Crippen LogP contribution is 2.30. The van der Waals surface area contributed by atoms with Gasteiger partial charge in [0.25, 0.3) is 5.89 Å². The van der Waals surface area contributed by atoms with Crippen molar-refractivity contribution in [3.8, 4) is 5.75 Å². The lowest BCUT2D eigenvalue weighted by Gasteiger charge is -2.22. The van der Waals surface area contributed by atoms with Crippen LogP contribution in [0.5, 0.6) is 5.75 Å². The van der Waals surface area contributed by atoms with E-state index >= 15 is 0 Å². The molecule has 1 unspecified atom stereocenters. The highest BCUT2D eigenvalue weighted by Gasteiger charge is 2.33. The average molecular weight is 406 g/mol. The van der Waals surface area contributed by atoms with Crippen molar-refractivity contribution in [3.63, 3.8) is 0 Å². The standard InChI is InChI=1S/C19H23FN4O5/c1-2-27-17(25)9-10-21-19(26)24-11-3-4-15(24)18-22-16(29-23-18)12-28-14-7-5-13(20)6-8-14/h5-8,15H,2-4,9-12H2,1H3,(H,21,26). The van der Waals surface area contributed by atoms with E-state index in [9.17, 15) is 14.0 Å². The van der Waals surface area contributed by atoms with E-state index in [2.05, 4.69) is 15.5 Å². The molecule has 2 heterocycles. The van der Waals surface area contributed by atoms with Crippen LogP contribution in [0.2, 0.25) is 0 Å². The lowest BCUT2D eigenvalue weighted by molar-refractivity contribution is -0.142. The number of amides is 2. The Labute approximate surface area is 167 Å². The first-order valence-electron chi connectivity index (χ1n) is 9.47. The van der Waals surface area contributed by atoms with Gasteiger partial charge in [-0.25, -0.2) is 9.18 Å². The molecular weight excluding hydrogens is 383 g/mol. The molecule has 10 heteroatoms. The maximum absolute atomic E-state index is 12.9. The zero-order valence-corrected chi connectivity index (χ0v) is 16.1. The largest absolute Gasteiger partial charge is 0.484 e. The van der Waals surface area contributed by atoms with E-state index in [4.69, 9.17) is 14.0 Å². The van der Waals surface area contributed by atoms with Crippen molar-refractivity contribution in [2.24, 2.45) is 0 Å². The van der Waals surface area contributed by atoms with Crippen molar-refractivity contribution in [2.75, 3.05) is 19.7 Å². The van der Waals surface area contributed by atoms with Crippen LogP contribution in [-0.4, -0.2) is 46.7 Å². The number of urea groups is 1. The van der Waals surface area contributed by atoms with Crippen LogP contribution in [0.25, 0.3) is 0 Å². The van der Waals surface area contributed by atoms with Gasteiger partial charge >= 0.3 is 12.0 Å². The Balaban J connectivity index is 1.52. The number of ether oxygens (including phenoxy) is 2. The van der Waals surface area contributed by atoms with Crippen molar-refractivity contribution in [1.82, 2.24) is 20.4 Å². The monoisotopic (exact) mass is 406 g/mol. The first-order chi connectivity index (χ1) is 14.1.